The van der Waals surface area contributed by atoms with Crippen LogP contribution < -0.4 is 0 Å². The summed E-state index contributed by atoms with van der Waals surface area (Å²) < 4.78 is 0. The van der Waals surface area contributed by atoms with Crippen molar-refractivity contribution in [3.05, 3.63) is 38.5 Å². The first-order valence-electron chi connectivity index (χ1n) is 4.99. The molecular weight excluding hydrogens is 228 g/mol. The molecule has 1 heterocycles. The molecule has 0 atom stereocenters. The highest BCUT2D eigenvalue weighted by Gasteiger charge is 2.15. The van der Waals surface area contributed by atoms with Crippen molar-refractivity contribution >= 4 is 28.2 Å². The monoisotopic (exact) mass is 238 g/mol. The second-order valence-corrected chi connectivity index (χ2v) is 4.10. The molecule has 0 radical (unpaired) electrons. The van der Waals surface area contributed by atoms with Gasteiger partial charge in [-0.2, -0.15) is 0 Å². The van der Waals surface area contributed by atoms with Crippen LogP contribution in [0.4, 0.5) is 5.69 Å². The minimum absolute atomic E-state index is 0.0299. The molecule has 0 fully saturated rings. The van der Waals surface area contributed by atoms with Crippen LogP contribution in [0, 0.1) is 17.0 Å². The molecule has 0 aliphatic carbocycles. The van der Waals surface area contributed by atoms with Crippen LogP contribution in [0.2, 0.25) is 5.02 Å². The van der Waals surface area contributed by atoms with Gasteiger partial charge in [-0.15, -0.1) is 0 Å². The van der Waals surface area contributed by atoms with Crippen LogP contribution >= 0.6 is 11.6 Å². The van der Waals surface area contributed by atoms with E-state index in [-0.39, 0.29) is 5.69 Å². The highest BCUT2D eigenvalue weighted by atomic mass is 35.5. The van der Waals surface area contributed by atoms with E-state index in [4.69, 9.17) is 11.6 Å². The van der Waals surface area contributed by atoms with Gasteiger partial charge in [0.2, 0.25) is 0 Å². The molecule has 0 amide bonds. The van der Waals surface area contributed by atoms with Crippen LogP contribution in [-0.4, -0.2) is 9.91 Å². The van der Waals surface area contributed by atoms with Gasteiger partial charge in [-0.1, -0.05) is 18.5 Å². The first-order valence-corrected chi connectivity index (χ1v) is 5.37. The fourth-order valence-corrected chi connectivity index (χ4v) is 2.14. The number of H-pyrrole nitrogens is 1. The molecule has 4 nitrogen and oxygen atoms in total. The quantitative estimate of drug-likeness (QED) is 0.642. The van der Waals surface area contributed by atoms with Crippen molar-refractivity contribution in [3.8, 4) is 0 Å². The minimum atomic E-state index is -0.427. The van der Waals surface area contributed by atoms with Gasteiger partial charge in [-0.3, -0.25) is 10.1 Å². The topological polar surface area (TPSA) is 58.9 Å². The fraction of sp³-hybridized carbons (Fsp3) is 0.273. The van der Waals surface area contributed by atoms with Gasteiger partial charge in [0.1, 0.15) is 0 Å². The summed E-state index contributed by atoms with van der Waals surface area (Å²) in [6, 6.07) is 2.94. The summed E-state index contributed by atoms with van der Waals surface area (Å²) in [4.78, 5) is 13.5. The van der Waals surface area contributed by atoms with Crippen LogP contribution in [-0.2, 0) is 6.42 Å². The van der Waals surface area contributed by atoms with Crippen LogP contribution in [0.1, 0.15) is 18.2 Å². The molecule has 84 valence electrons. The summed E-state index contributed by atoms with van der Waals surface area (Å²) in [7, 11) is 0. The Hall–Kier alpha value is -1.55. The zero-order chi connectivity index (χ0) is 11.9. The standard InChI is InChI=1S/C11H11ClN2O2/c1-3-10-6(2)8-4-7(14(15)16)5-9(12)11(8)13-10/h4-5,13H,3H2,1-2H3. The third-order valence-electron chi connectivity index (χ3n) is 2.77. The molecule has 16 heavy (non-hydrogen) atoms. The Morgan fingerprint density at radius 3 is 2.75 bits per heavy atom. The van der Waals surface area contributed by atoms with Gasteiger partial charge < -0.3 is 4.98 Å². The van der Waals surface area contributed by atoms with Crippen molar-refractivity contribution in [1.29, 1.82) is 0 Å². The molecule has 0 saturated heterocycles. The van der Waals surface area contributed by atoms with Crippen molar-refractivity contribution < 1.29 is 4.92 Å². The molecule has 0 aliphatic heterocycles. The van der Waals surface area contributed by atoms with Crippen molar-refractivity contribution in [2.75, 3.05) is 0 Å². The Labute approximate surface area is 97.4 Å². The molecule has 1 aromatic heterocycles. The van der Waals surface area contributed by atoms with Gasteiger partial charge in [0.25, 0.3) is 5.69 Å². The summed E-state index contributed by atoms with van der Waals surface area (Å²) in [5.74, 6) is 0. The van der Waals surface area contributed by atoms with E-state index in [0.717, 1.165) is 28.6 Å². The third kappa shape index (κ3) is 1.55. The molecule has 0 bridgehead atoms. The van der Waals surface area contributed by atoms with Gasteiger partial charge in [-0.05, 0) is 18.9 Å². The Bertz CT molecular complexity index is 575. The van der Waals surface area contributed by atoms with E-state index in [1.165, 1.54) is 6.07 Å². The maximum atomic E-state index is 10.7. The van der Waals surface area contributed by atoms with Gasteiger partial charge >= 0.3 is 0 Å². The summed E-state index contributed by atoms with van der Waals surface area (Å²) in [5.41, 5.74) is 2.91. The molecule has 2 aromatic rings. The van der Waals surface area contributed by atoms with Crippen molar-refractivity contribution in [2.45, 2.75) is 20.3 Å². The number of fused-ring (bicyclic) bond motifs is 1. The van der Waals surface area contributed by atoms with E-state index in [9.17, 15) is 10.1 Å². The Kier molecular flexibility index (Phi) is 2.59. The highest BCUT2D eigenvalue weighted by molar-refractivity contribution is 6.35. The number of nitro groups is 1. The number of benzene rings is 1. The third-order valence-corrected chi connectivity index (χ3v) is 3.07. The predicted octanol–water partition coefficient (Wildman–Crippen LogP) is 3.60. The molecule has 0 aliphatic rings. The van der Waals surface area contributed by atoms with E-state index in [2.05, 4.69) is 4.98 Å². The molecule has 2 rings (SSSR count). The molecule has 1 aromatic carbocycles. The first kappa shape index (κ1) is 11.0. The van der Waals surface area contributed by atoms with Gasteiger partial charge in [0.15, 0.2) is 0 Å². The number of rotatable bonds is 2. The number of nitro benzene ring substituents is 1. The summed E-state index contributed by atoms with van der Waals surface area (Å²) >= 11 is 6.01. The van der Waals surface area contributed by atoms with Crippen molar-refractivity contribution in [3.63, 3.8) is 0 Å². The largest absolute Gasteiger partial charge is 0.357 e. The predicted molar refractivity (Wildman–Crippen MR) is 64.1 cm³/mol. The maximum absolute atomic E-state index is 10.7. The lowest BCUT2D eigenvalue weighted by Crippen LogP contribution is -1.87. The lowest BCUT2D eigenvalue weighted by Gasteiger charge is -1.96. The number of nitrogens with one attached hydrogen (secondary N) is 1. The number of aryl methyl sites for hydroxylation is 2. The summed E-state index contributed by atoms with van der Waals surface area (Å²) in [5, 5.41) is 11.9. The molecule has 0 unspecified atom stereocenters. The van der Waals surface area contributed by atoms with Crippen LogP contribution in [0.3, 0.4) is 0 Å². The summed E-state index contributed by atoms with van der Waals surface area (Å²) in [6.07, 6.45) is 0.852. The van der Waals surface area contributed by atoms with Crippen LogP contribution in [0.15, 0.2) is 12.1 Å². The zero-order valence-electron chi connectivity index (χ0n) is 9.00. The number of hydrogen-bond acceptors (Lipinski definition) is 2. The lowest BCUT2D eigenvalue weighted by molar-refractivity contribution is -0.384. The van der Waals surface area contributed by atoms with Crippen molar-refractivity contribution in [1.82, 2.24) is 4.98 Å². The van der Waals surface area contributed by atoms with E-state index in [0.29, 0.717) is 5.02 Å². The van der Waals surface area contributed by atoms with Gasteiger partial charge in [0, 0.05) is 23.2 Å². The van der Waals surface area contributed by atoms with E-state index >= 15 is 0 Å². The number of aromatic nitrogens is 1. The van der Waals surface area contributed by atoms with Gasteiger partial charge in [0.05, 0.1) is 15.5 Å². The Balaban J connectivity index is 2.80. The van der Waals surface area contributed by atoms with Crippen LogP contribution in [0.5, 0.6) is 0 Å². The normalized spacial score (nSPS) is 10.9. The van der Waals surface area contributed by atoms with E-state index in [1.54, 1.807) is 6.07 Å². The fourth-order valence-electron chi connectivity index (χ4n) is 1.88. The SMILES string of the molecule is CCc1[nH]c2c(Cl)cc([N+](=O)[O-])cc2c1C. The Morgan fingerprint density at radius 2 is 2.19 bits per heavy atom. The zero-order valence-corrected chi connectivity index (χ0v) is 9.76. The van der Waals surface area contributed by atoms with E-state index < -0.39 is 4.92 Å². The smallest absolute Gasteiger partial charge is 0.271 e. The van der Waals surface area contributed by atoms with E-state index in [1.807, 2.05) is 13.8 Å². The van der Waals surface area contributed by atoms with Crippen LogP contribution in [0.25, 0.3) is 10.9 Å². The number of aromatic amines is 1. The summed E-state index contributed by atoms with van der Waals surface area (Å²) in [6.45, 7) is 3.97. The number of non-ortho nitro benzene ring substituents is 1. The minimum Gasteiger partial charge on any atom is -0.357 e. The Morgan fingerprint density at radius 1 is 1.50 bits per heavy atom. The molecule has 1 N–H and O–H groups in total. The highest BCUT2D eigenvalue weighted by Crippen LogP contribution is 2.32. The molecule has 0 saturated carbocycles. The number of nitrogens with zero attached hydrogens (tertiary/aromatic N) is 1. The molecule has 5 heteroatoms. The van der Waals surface area contributed by atoms with Crippen molar-refractivity contribution in [2.24, 2.45) is 0 Å². The first-order chi connectivity index (χ1) is 7.54. The lowest BCUT2D eigenvalue weighted by atomic mass is 10.1. The average Bonchev–Trinajstić information content (AvgIpc) is 2.56. The number of hydrogen-bond donors (Lipinski definition) is 1. The second kappa shape index (κ2) is 3.79. The molecular formula is C11H11ClN2O2. The molecule has 0 spiro atoms. The maximum Gasteiger partial charge on any atom is 0.271 e. The average molecular weight is 239 g/mol. The van der Waals surface area contributed by atoms with Gasteiger partial charge in [-0.25, -0.2) is 0 Å². The number of halogens is 1. The second-order valence-electron chi connectivity index (χ2n) is 3.69.